The summed E-state index contributed by atoms with van der Waals surface area (Å²) in [6.07, 6.45) is 3.85. The average molecular weight is 724 g/mol. The van der Waals surface area contributed by atoms with Crippen molar-refractivity contribution in [1.82, 2.24) is 14.7 Å². The molecule has 0 aromatic heterocycles. The number of aryl methyl sites for hydroxylation is 1. The zero-order valence-electron chi connectivity index (χ0n) is 31.1. The molecule has 51 heavy (non-hydrogen) atoms. The molecule has 278 valence electrons. The molecule has 3 saturated heterocycles. The van der Waals surface area contributed by atoms with Crippen molar-refractivity contribution >= 4 is 40.9 Å². The van der Waals surface area contributed by atoms with Crippen molar-refractivity contribution in [2.75, 3.05) is 56.0 Å². The van der Waals surface area contributed by atoms with Crippen LogP contribution in [0.2, 0.25) is 0 Å². The van der Waals surface area contributed by atoms with Crippen molar-refractivity contribution in [3.05, 3.63) is 59.2 Å². The van der Waals surface area contributed by atoms with Gasteiger partial charge in [0, 0.05) is 81.0 Å². The third-order valence-corrected chi connectivity index (χ3v) is 12.7. The zero-order valence-corrected chi connectivity index (χ0v) is 32.0. The van der Waals surface area contributed by atoms with Crippen LogP contribution in [0.1, 0.15) is 90.1 Å². The lowest BCUT2D eigenvalue weighted by Crippen LogP contribution is -2.53. The van der Waals surface area contributed by atoms with E-state index >= 15 is 8.78 Å². The Labute approximate surface area is 306 Å². The molecule has 0 radical (unpaired) electrons. The number of carbonyl (C=O) groups excluding carboxylic acids is 3. The maximum absolute atomic E-state index is 15.8. The smallest absolute Gasteiger partial charge is 0.237 e. The van der Waals surface area contributed by atoms with E-state index in [4.69, 9.17) is 0 Å². The lowest BCUT2D eigenvalue weighted by Gasteiger charge is -2.44. The minimum Gasteiger partial charge on any atom is -0.366 e. The molecule has 2 unspecified atom stereocenters. The Bertz CT molecular complexity index is 1610. The SMILES string of the molecule is CC(C)(C)CCN1C(=O)[C@H](CC(=O)N2CCC(C3CCc4ccccc4NC3=O)CC2)SC1c1cc(F)cc(F)c1N1CCN(C(C)(C)C)CC1. The number of halogens is 2. The quantitative estimate of drug-likeness (QED) is 0.329. The van der Waals surface area contributed by atoms with Crippen LogP contribution < -0.4 is 10.2 Å². The van der Waals surface area contributed by atoms with Crippen molar-refractivity contribution < 1.29 is 23.2 Å². The predicted molar refractivity (Wildman–Crippen MR) is 201 cm³/mol. The number of fused-ring (bicyclic) bond motifs is 1. The van der Waals surface area contributed by atoms with Crippen LogP contribution in [0.25, 0.3) is 0 Å². The number of likely N-dealkylation sites (tertiary alicyclic amines) is 1. The number of nitrogens with one attached hydrogen (secondary N) is 1. The summed E-state index contributed by atoms with van der Waals surface area (Å²) in [5, 5.41) is 1.86. The number of benzene rings is 2. The average Bonchev–Trinajstić information content (AvgIpc) is 3.26. The number of para-hydroxylation sites is 1. The highest BCUT2D eigenvalue weighted by atomic mass is 32.2. The molecule has 0 aliphatic carbocycles. The molecule has 8 nitrogen and oxygen atoms in total. The van der Waals surface area contributed by atoms with Crippen LogP contribution in [0.3, 0.4) is 0 Å². The molecule has 0 saturated carbocycles. The second-order valence-corrected chi connectivity index (χ2v) is 18.3. The van der Waals surface area contributed by atoms with Crippen LogP contribution in [0.15, 0.2) is 36.4 Å². The minimum atomic E-state index is -0.669. The fourth-order valence-corrected chi connectivity index (χ4v) is 9.66. The van der Waals surface area contributed by atoms with E-state index in [1.165, 1.54) is 17.8 Å². The first-order chi connectivity index (χ1) is 24.1. The molecule has 3 fully saturated rings. The van der Waals surface area contributed by atoms with Gasteiger partial charge in [-0.15, -0.1) is 11.8 Å². The van der Waals surface area contributed by atoms with E-state index in [9.17, 15) is 14.4 Å². The van der Waals surface area contributed by atoms with Gasteiger partial charge in [0.2, 0.25) is 17.7 Å². The van der Waals surface area contributed by atoms with Crippen molar-refractivity contribution in [1.29, 1.82) is 0 Å². The first-order valence-electron chi connectivity index (χ1n) is 18.7. The Morgan fingerprint density at radius 2 is 1.61 bits per heavy atom. The summed E-state index contributed by atoms with van der Waals surface area (Å²) < 4.78 is 30.8. The largest absolute Gasteiger partial charge is 0.366 e. The highest BCUT2D eigenvalue weighted by Crippen LogP contribution is 2.49. The number of anilines is 2. The summed E-state index contributed by atoms with van der Waals surface area (Å²) in [5.74, 6) is -1.38. The molecule has 4 aliphatic rings. The fraction of sp³-hybridized carbons (Fsp3) is 0.625. The van der Waals surface area contributed by atoms with Gasteiger partial charge in [-0.1, -0.05) is 39.0 Å². The van der Waals surface area contributed by atoms with Crippen LogP contribution in [-0.2, 0) is 20.8 Å². The van der Waals surface area contributed by atoms with Gasteiger partial charge in [-0.05, 0) is 81.9 Å². The van der Waals surface area contributed by atoms with Crippen LogP contribution >= 0.6 is 11.8 Å². The summed E-state index contributed by atoms with van der Waals surface area (Å²) in [5.41, 5.74) is 2.79. The van der Waals surface area contributed by atoms with Gasteiger partial charge in [0.1, 0.15) is 17.0 Å². The summed E-state index contributed by atoms with van der Waals surface area (Å²) in [6.45, 7) is 17.0. The first kappa shape index (κ1) is 37.6. The van der Waals surface area contributed by atoms with Crippen LogP contribution in [-0.4, -0.2) is 89.0 Å². The lowest BCUT2D eigenvalue weighted by molar-refractivity contribution is -0.137. The second kappa shape index (κ2) is 15.0. The van der Waals surface area contributed by atoms with Crippen molar-refractivity contribution in [2.24, 2.45) is 17.3 Å². The standard InChI is InChI=1S/C40H55F2N5O3S/c1-39(2,3)15-18-47-37(50)33(51-38(47)30-23-28(41)24-31(42)35(30)45-19-21-46(22-20-45)40(4,5)6)25-34(48)44-16-13-26(14-17-44)29-12-11-27-9-7-8-10-32(27)43-36(29)49/h7-10,23-24,26,29,33,38H,11-22,25H2,1-6H3,(H,43,49)/t29?,33-,38?/m0/s1. The number of piperidine rings is 1. The maximum Gasteiger partial charge on any atom is 0.237 e. The normalized spacial score (nSPS) is 24.1. The third kappa shape index (κ3) is 8.56. The van der Waals surface area contributed by atoms with Gasteiger partial charge >= 0.3 is 0 Å². The molecule has 2 aromatic rings. The monoisotopic (exact) mass is 723 g/mol. The molecule has 6 rings (SSSR count). The van der Waals surface area contributed by atoms with Gasteiger partial charge in [-0.2, -0.15) is 0 Å². The number of hydrogen-bond acceptors (Lipinski definition) is 6. The number of amides is 3. The topological polar surface area (TPSA) is 76.2 Å². The predicted octanol–water partition coefficient (Wildman–Crippen LogP) is 7.09. The van der Waals surface area contributed by atoms with E-state index in [0.717, 1.165) is 56.1 Å². The molecule has 1 N–H and O–H groups in total. The highest BCUT2D eigenvalue weighted by Gasteiger charge is 2.45. The summed E-state index contributed by atoms with van der Waals surface area (Å²) in [7, 11) is 0. The van der Waals surface area contributed by atoms with Crippen LogP contribution in [0.4, 0.5) is 20.2 Å². The maximum atomic E-state index is 15.8. The van der Waals surface area contributed by atoms with Gasteiger partial charge in [-0.3, -0.25) is 19.3 Å². The van der Waals surface area contributed by atoms with Gasteiger partial charge in [0.15, 0.2) is 0 Å². The molecule has 3 amide bonds. The summed E-state index contributed by atoms with van der Waals surface area (Å²) in [4.78, 5) is 49.1. The molecule has 4 aliphatic heterocycles. The number of carbonyl (C=O) groups is 3. The number of hydrogen-bond donors (Lipinski definition) is 1. The highest BCUT2D eigenvalue weighted by molar-refractivity contribution is 8.01. The Morgan fingerprint density at radius 3 is 2.27 bits per heavy atom. The molecule has 0 spiro atoms. The fourth-order valence-electron chi connectivity index (χ4n) is 8.17. The van der Waals surface area contributed by atoms with Crippen molar-refractivity contribution in [3.63, 3.8) is 0 Å². The number of piperazine rings is 1. The Morgan fingerprint density at radius 1 is 0.922 bits per heavy atom. The first-order valence-corrected chi connectivity index (χ1v) is 19.6. The van der Waals surface area contributed by atoms with Crippen LogP contribution in [0.5, 0.6) is 0 Å². The molecule has 0 bridgehead atoms. The van der Waals surface area contributed by atoms with Gasteiger partial charge in [0.25, 0.3) is 0 Å². The van der Waals surface area contributed by atoms with Gasteiger partial charge in [0.05, 0.1) is 10.9 Å². The lowest BCUT2D eigenvalue weighted by atomic mass is 9.81. The Hall–Kier alpha value is -3.18. The van der Waals surface area contributed by atoms with E-state index in [1.54, 1.807) is 4.90 Å². The van der Waals surface area contributed by atoms with E-state index in [2.05, 4.69) is 57.8 Å². The van der Waals surface area contributed by atoms with E-state index in [0.29, 0.717) is 50.4 Å². The third-order valence-electron chi connectivity index (χ3n) is 11.3. The molecule has 4 heterocycles. The van der Waals surface area contributed by atoms with Crippen molar-refractivity contribution in [2.45, 2.75) is 96.2 Å². The van der Waals surface area contributed by atoms with E-state index < -0.39 is 22.3 Å². The number of thioether (sulfide) groups is 1. The molecule has 11 heteroatoms. The van der Waals surface area contributed by atoms with Crippen LogP contribution in [0, 0.1) is 28.9 Å². The number of rotatable bonds is 7. The summed E-state index contributed by atoms with van der Waals surface area (Å²) >= 11 is 1.35. The molecule has 2 aromatic carbocycles. The summed E-state index contributed by atoms with van der Waals surface area (Å²) in [6, 6.07) is 10.3. The Balaban J connectivity index is 1.15. The number of nitrogens with zero attached hydrogens (tertiary/aromatic N) is 4. The molecular formula is C40H55F2N5O3S. The Kier molecular flexibility index (Phi) is 11.1. The zero-order chi connectivity index (χ0) is 36.7. The molecular weight excluding hydrogens is 669 g/mol. The van der Waals surface area contributed by atoms with E-state index in [-0.39, 0.29) is 46.9 Å². The van der Waals surface area contributed by atoms with Gasteiger partial charge < -0.3 is 20.0 Å². The second-order valence-electron chi connectivity index (χ2n) is 17.0. The minimum absolute atomic E-state index is 0.0146. The van der Waals surface area contributed by atoms with Crippen molar-refractivity contribution in [3.8, 4) is 0 Å². The van der Waals surface area contributed by atoms with E-state index in [1.807, 2.05) is 28.0 Å². The van der Waals surface area contributed by atoms with Gasteiger partial charge in [-0.25, -0.2) is 8.78 Å². The molecule has 3 atom stereocenters.